The number of anilines is 1. The Morgan fingerprint density at radius 3 is 2.60 bits per heavy atom. The first-order valence-electron chi connectivity index (χ1n) is 7.78. The molecule has 0 fully saturated rings. The molecule has 0 aliphatic rings. The van der Waals surface area contributed by atoms with Crippen molar-refractivity contribution in [2.45, 2.75) is 58.3 Å². The van der Waals surface area contributed by atoms with E-state index in [-0.39, 0.29) is 11.8 Å². The molecule has 0 bridgehead atoms. The van der Waals surface area contributed by atoms with Gasteiger partial charge in [0.05, 0.1) is 5.92 Å². The van der Waals surface area contributed by atoms with Crippen molar-refractivity contribution in [3.8, 4) is 0 Å². The van der Waals surface area contributed by atoms with E-state index in [9.17, 15) is 4.79 Å². The van der Waals surface area contributed by atoms with E-state index in [4.69, 9.17) is 5.73 Å². The summed E-state index contributed by atoms with van der Waals surface area (Å²) in [6.07, 6.45) is 7.44. The highest BCUT2D eigenvalue weighted by molar-refractivity contribution is 5.83. The molecule has 0 saturated heterocycles. The van der Waals surface area contributed by atoms with Gasteiger partial charge in [0.25, 0.3) is 0 Å². The van der Waals surface area contributed by atoms with E-state index in [1.807, 2.05) is 31.2 Å². The van der Waals surface area contributed by atoms with Gasteiger partial charge in [-0.3, -0.25) is 4.79 Å². The summed E-state index contributed by atoms with van der Waals surface area (Å²) in [6, 6.07) is 7.55. The Morgan fingerprint density at radius 2 is 1.90 bits per heavy atom. The third-order valence-corrected chi connectivity index (χ3v) is 3.63. The molecule has 0 radical (unpaired) electrons. The third kappa shape index (κ3) is 6.09. The molecule has 1 unspecified atom stereocenters. The Morgan fingerprint density at radius 1 is 1.20 bits per heavy atom. The zero-order chi connectivity index (χ0) is 14.8. The molecular formula is C17H28N2O. The van der Waals surface area contributed by atoms with Crippen LogP contribution < -0.4 is 11.1 Å². The Kier molecular flexibility index (Phi) is 7.78. The largest absolute Gasteiger partial charge is 0.399 e. The van der Waals surface area contributed by atoms with Crippen LogP contribution in [0.5, 0.6) is 0 Å². The van der Waals surface area contributed by atoms with Crippen molar-refractivity contribution in [2.75, 3.05) is 12.3 Å². The molecule has 20 heavy (non-hydrogen) atoms. The number of rotatable bonds is 9. The number of unbranched alkanes of at least 4 members (excludes halogenated alkanes) is 5. The highest BCUT2D eigenvalue weighted by Crippen LogP contribution is 2.17. The van der Waals surface area contributed by atoms with Crippen molar-refractivity contribution in [2.24, 2.45) is 0 Å². The lowest BCUT2D eigenvalue weighted by Gasteiger charge is -2.13. The van der Waals surface area contributed by atoms with Crippen molar-refractivity contribution < 1.29 is 4.79 Å². The minimum atomic E-state index is -0.140. The molecule has 112 valence electrons. The second kappa shape index (κ2) is 9.40. The van der Waals surface area contributed by atoms with Crippen LogP contribution in [-0.2, 0) is 4.79 Å². The van der Waals surface area contributed by atoms with Crippen molar-refractivity contribution in [1.29, 1.82) is 0 Å². The maximum atomic E-state index is 12.0. The smallest absolute Gasteiger partial charge is 0.227 e. The van der Waals surface area contributed by atoms with E-state index in [0.717, 1.165) is 18.5 Å². The monoisotopic (exact) mass is 276 g/mol. The molecule has 0 aliphatic carbocycles. The molecule has 0 spiro atoms. The van der Waals surface area contributed by atoms with Gasteiger partial charge in [-0.15, -0.1) is 0 Å². The van der Waals surface area contributed by atoms with Gasteiger partial charge in [0.1, 0.15) is 0 Å². The topological polar surface area (TPSA) is 55.1 Å². The molecule has 3 heteroatoms. The fourth-order valence-electron chi connectivity index (χ4n) is 2.25. The Balaban J connectivity index is 2.22. The quantitative estimate of drug-likeness (QED) is 0.531. The molecule has 1 rings (SSSR count). The number of benzene rings is 1. The number of nitrogens with one attached hydrogen (secondary N) is 1. The molecule has 1 atom stereocenters. The molecule has 1 aromatic rings. The summed E-state index contributed by atoms with van der Waals surface area (Å²) >= 11 is 0. The minimum absolute atomic E-state index is 0.0872. The summed E-state index contributed by atoms with van der Waals surface area (Å²) in [7, 11) is 0. The van der Waals surface area contributed by atoms with Gasteiger partial charge in [-0.05, 0) is 31.0 Å². The van der Waals surface area contributed by atoms with E-state index in [2.05, 4.69) is 12.2 Å². The first-order chi connectivity index (χ1) is 9.65. The van der Waals surface area contributed by atoms with E-state index in [1.165, 1.54) is 32.1 Å². The average Bonchev–Trinajstić information content (AvgIpc) is 2.45. The van der Waals surface area contributed by atoms with Gasteiger partial charge >= 0.3 is 0 Å². The van der Waals surface area contributed by atoms with Gasteiger partial charge in [0.2, 0.25) is 5.91 Å². The highest BCUT2D eigenvalue weighted by Gasteiger charge is 2.14. The van der Waals surface area contributed by atoms with E-state index in [1.54, 1.807) is 0 Å². The van der Waals surface area contributed by atoms with Crippen LogP contribution >= 0.6 is 0 Å². The molecule has 1 aromatic carbocycles. The van der Waals surface area contributed by atoms with Crippen LogP contribution in [0.25, 0.3) is 0 Å². The molecule has 0 aromatic heterocycles. The summed E-state index contributed by atoms with van der Waals surface area (Å²) in [5.41, 5.74) is 7.43. The van der Waals surface area contributed by atoms with Crippen molar-refractivity contribution in [3.05, 3.63) is 29.8 Å². The second-order valence-corrected chi connectivity index (χ2v) is 5.45. The SMILES string of the molecule is CCCCCCCCNC(=O)C(C)c1cccc(N)c1. The standard InChI is InChI=1S/C17H28N2O/c1-3-4-5-6-7-8-12-19-17(20)14(2)15-10-9-11-16(18)13-15/h9-11,13-14H,3-8,12,18H2,1-2H3,(H,19,20). The highest BCUT2D eigenvalue weighted by atomic mass is 16.1. The summed E-state index contributed by atoms with van der Waals surface area (Å²) in [4.78, 5) is 12.0. The van der Waals surface area contributed by atoms with Crippen molar-refractivity contribution in [1.82, 2.24) is 5.32 Å². The molecule has 0 saturated carbocycles. The molecule has 1 amide bonds. The zero-order valence-electron chi connectivity index (χ0n) is 12.8. The van der Waals surface area contributed by atoms with Crippen LogP contribution in [-0.4, -0.2) is 12.5 Å². The predicted octanol–water partition coefficient (Wildman–Crippen LogP) is 3.85. The minimum Gasteiger partial charge on any atom is -0.399 e. The molecular weight excluding hydrogens is 248 g/mol. The fraction of sp³-hybridized carbons (Fsp3) is 0.588. The molecule has 0 aliphatic heterocycles. The third-order valence-electron chi connectivity index (χ3n) is 3.63. The number of amides is 1. The predicted molar refractivity (Wildman–Crippen MR) is 85.7 cm³/mol. The number of nitrogens with two attached hydrogens (primary N) is 1. The number of hydrogen-bond acceptors (Lipinski definition) is 2. The van der Waals surface area contributed by atoms with E-state index in [0.29, 0.717) is 5.69 Å². The number of nitrogen functional groups attached to an aromatic ring is 1. The first kappa shape index (κ1) is 16.5. The van der Waals surface area contributed by atoms with Crippen molar-refractivity contribution in [3.63, 3.8) is 0 Å². The van der Waals surface area contributed by atoms with Gasteiger partial charge in [0.15, 0.2) is 0 Å². The van der Waals surface area contributed by atoms with E-state index < -0.39 is 0 Å². The van der Waals surface area contributed by atoms with Crippen LogP contribution in [0, 0.1) is 0 Å². The van der Waals surface area contributed by atoms with Gasteiger partial charge in [-0.2, -0.15) is 0 Å². The molecule has 3 nitrogen and oxygen atoms in total. The van der Waals surface area contributed by atoms with Crippen molar-refractivity contribution >= 4 is 11.6 Å². The number of hydrogen-bond donors (Lipinski definition) is 2. The maximum Gasteiger partial charge on any atom is 0.227 e. The Bertz CT molecular complexity index is 404. The second-order valence-electron chi connectivity index (χ2n) is 5.45. The van der Waals surface area contributed by atoms with Crippen LogP contribution in [0.4, 0.5) is 5.69 Å². The van der Waals surface area contributed by atoms with Gasteiger partial charge < -0.3 is 11.1 Å². The zero-order valence-corrected chi connectivity index (χ0v) is 12.8. The fourth-order valence-corrected chi connectivity index (χ4v) is 2.25. The van der Waals surface area contributed by atoms with Gasteiger partial charge in [0, 0.05) is 12.2 Å². The van der Waals surface area contributed by atoms with Crippen LogP contribution in [0.15, 0.2) is 24.3 Å². The normalized spacial score (nSPS) is 12.1. The first-order valence-corrected chi connectivity index (χ1v) is 7.78. The molecule has 0 heterocycles. The summed E-state index contributed by atoms with van der Waals surface area (Å²) in [6.45, 7) is 4.92. The van der Waals surface area contributed by atoms with E-state index >= 15 is 0 Å². The summed E-state index contributed by atoms with van der Waals surface area (Å²) in [5, 5.41) is 3.01. The lowest BCUT2D eigenvalue weighted by atomic mass is 10.00. The molecule has 3 N–H and O–H groups in total. The van der Waals surface area contributed by atoms with Gasteiger partial charge in [-0.1, -0.05) is 51.2 Å². The maximum absolute atomic E-state index is 12.0. The lowest BCUT2D eigenvalue weighted by Crippen LogP contribution is -2.28. The summed E-state index contributed by atoms with van der Waals surface area (Å²) in [5.74, 6) is -0.0530. The van der Waals surface area contributed by atoms with Crippen LogP contribution in [0.2, 0.25) is 0 Å². The number of carbonyl (C=O) groups is 1. The number of carbonyl (C=O) groups excluding carboxylic acids is 1. The van der Waals surface area contributed by atoms with Crippen LogP contribution in [0.1, 0.15) is 63.9 Å². The van der Waals surface area contributed by atoms with Gasteiger partial charge in [-0.25, -0.2) is 0 Å². The van der Waals surface area contributed by atoms with Crippen LogP contribution in [0.3, 0.4) is 0 Å². The summed E-state index contributed by atoms with van der Waals surface area (Å²) < 4.78 is 0. The Hall–Kier alpha value is -1.51. The average molecular weight is 276 g/mol. The lowest BCUT2D eigenvalue weighted by molar-refractivity contribution is -0.122. The Labute approximate surface area is 122 Å².